The lowest BCUT2D eigenvalue weighted by Crippen LogP contribution is -2.44. The fourth-order valence-corrected chi connectivity index (χ4v) is 4.50. The quantitative estimate of drug-likeness (QED) is 0.739. The van der Waals surface area contributed by atoms with Crippen LogP contribution in [0.5, 0.6) is 5.75 Å². The molecule has 0 bridgehead atoms. The molecule has 1 fully saturated rings. The van der Waals surface area contributed by atoms with Gasteiger partial charge in [0.15, 0.2) is 0 Å². The number of piperidine rings is 1. The largest absolute Gasteiger partial charge is 0.496 e. The molecule has 1 aliphatic rings. The topological polar surface area (TPSA) is 37.4 Å². The highest BCUT2D eigenvalue weighted by atomic mass is 79.9. The summed E-state index contributed by atoms with van der Waals surface area (Å²) in [7, 11) is 1.70. The molecule has 0 spiro atoms. The van der Waals surface area contributed by atoms with Gasteiger partial charge < -0.3 is 10.1 Å². The highest BCUT2D eigenvalue weighted by Crippen LogP contribution is 2.34. The monoisotopic (exact) mass is 423 g/mol. The minimum Gasteiger partial charge on any atom is -0.496 e. The number of ether oxygens (including phenoxy) is 1. The molecule has 0 unspecified atom stereocenters. The highest BCUT2D eigenvalue weighted by molar-refractivity contribution is 9.10. The molecule has 1 aromatic carbocycles. The Hall–Kier alpha value is -0.950. The normalized spacial score (nSPS) is 16.5. The van der Waals surface area contributed by atoms with Crippen molar-refractivity contribution >= 4 is 27.3 Å². The third-order valence-corrected chi connectivity index (χ3v) is 5.90. The van der Waals surface area contributed by atoms with Gasteiger partial charge in [-0.3, -0.25) is 4.90 Å². The maximum absolute atomic E-state index is 5.49. The van der Waals surface area contributed by atoms with Gasteiger partial charge in [-0.25, -0.2) is 4.98 Å². The van der Waals surface area contributed by atoms with E-state index in [0.29, 0.717) is 12.1 Å². The van der Waals surface area contributed by atoms with Crippen LogP contribution in [0.1, 0.15) is 32.4 Å². The van der Waals surface area contributed by atoms with E-state index in [0.717, 1.165) is 46.1 Å². The Labute approximate surface area is 162 Å². The first kappa shape index (κ1) is 18.8. The van der Waals surface area contributed by atoms with Crippen molar-refractivity contribution in [2.24, 2.45) is 0 Å². The van der Waals surface area contributed by atoms with Gasteiger partial charge in [0.25, 0.3) is 0 Å². The first-order valence-corrected chi connectivity index (χ1v) is 10.5. The van der Waals surface area contributed by atoms with Gasteiger partial charge in [-0.2, -0.15) is 0 Å². The summed E-state index contributed by atoms with van der Waals surface area (Å²) < 4.78 is 6.53. The van der Waals surface area contributed by atoms with Crippen LogP contribution < -0.4 is 10.1 Å². The maximum Gasteiger partial charge on any atom is 0.129 e. The van der Waals surface area contributed by atoms with E-state index in [1.54, 1.807) is 18.4 Å². The van der Waals surface area contributed by atoms with Crippen LogP contribution in [0.15, 0.2) is 28.1 Å². The first-order chi connectivity index (χ1) is 12.0. The molecule has 6 heteroatoms. The molecule has 0 atom stereocenters. The van der Waals surface area contributed by atoms with Crippen LogP contribution in [0.2, 0.25) is 0 Å². The number of hydrogen-bond donors (Lipinski definition) is 1. The van der Waals surface area contributed by atoms with Gasteiger partial charge in [-0.1, -0.05) is 29.8 Å². The fraction of sp³-hybridized carbons (Fsp3) is 0.526. The van der Waals surface area contributed by atoms with Crippen LogP contribution in [0.4, 0.5) is 0 Å². The zero-order chi connectivity index (χ0) is 17.8. The van der Waals surface area contributed by atoms with E-state index in [4.69, 9.17) is 9.72 Å². The number of rotatable bonds is 6. The van der Waals surface area contributed by atoms with Crippen molar-refractivity contribution < 1.29 is 4.74 Å². The van der Waals surface area contributed by atoms with Crippen LogP contribution in [-0.2, 0) is 6.54 Å². The molecule has 0 saturated carbocycles. The van der Waals surface area contributed by atoms with E-state index in [1.165, 1.54) is 12.8 Å². The zero-order valence-electron chi connectivity index (χ0n) is 15.1. The maximum atomic E-state index is 5.49. The summed E-state index contributed by atoms with van der Waals surface area (Å²) in [5.74, 6) is 0.865. The molecule has 2 aromatic rings. The second-order valence-corrected chi connectivity index (χ2v) is 8.63. The fourth-order valence-electron chi connectivity index (χ4n) is 3.31. The Morgan fingerprint density at radius 2 is 2.12 bits per heavy atom. The number of nitrogens with one attached hydrogen (secondary N) is 1. The number of halogens is 1. The van der Waals surface area contributed by atoms with Crippen molar-refractivity contribution in [2.75, 3.05) is 20.2 Å². The Balaban J connectivity index is 1.62. The molecular weight excluding hydrogens is 398 g/mol. The van der Waals surface area contributed by atoms with E-state index < -0.39 is 0 Å². The standard InChI is InChI=1S/C19H26BrN3OS/c1-13(2)21-15-6-8-23(9-7-15)11-16-12-25-19(22-16)17-10-14(20)4-5-18(17)24-3/h4-5,10,12-13,15,21H,6-9,11H2,1-3H3. The molecule has 1 aliphatic heterocycles. The van der Waals surface area contributed by atoms with Crippen LogP contribution in [0, 0.1) is 0 Å². The van der Waals surface area contributed by atoms with Crippen molar-refractivity contribution in [3.63, 3.8) is 0 Å². The van der Waals surface area contributed by atoms with E-state index in [9.17, 15) is 0 Å². The summed E-state index contributed by atoms with van der Waals surface area (Å²) >= 11 is 5.23. The summed E-state index contributed by atoms with van der Waals surface area (Å²) in [5.41, 5.74) is 2.20. The van der Waals surface area contributed by atoms with E-state index >= 15 is 0 Å². The molecule has 0 aliphatic carbocycles. The van der Waals surface area contributed by atoms with Crippen LogP contribution in [0.3, 0.4) is 0 Å². The number of methoxy groups -OCH3 is 1. The second-order valence-electron chi connectivity index (χ2n) is 6.86. The molecule has 1 aromatic heterocycles. The molecule has 1 saturated heterocycles. The summed E-state index contributed by atoms with van der Waals surface area (Å²) in [6.45, 7) is 7.65. The highest BCUT2D eigenvalue weighted by Gasteiger charge is 2.20. The van der Waals surface area contributed by atoms with Gasteiger partial charge in [0.1, 0.15) is 10.8 Å². The van der Waals surface area contributed by atoms with Crippen molar-refractivity contribution in [3.8, 4) is 16.3 Å². The number of benzene rings is 1. The molecule has 25 heavy (non-hydrogen) atoms. The summed E-state index contributed by atoms with van der Waals surface area (Å²) in [4.78, 5) is 7.36. The van der Waals surface area contributed by atoms with Crippen LogP contribution >= 0.6 is 27.3 Å². The predicted octanol–water partition coefficient (Wildman–Crippen LogP) is 4.54. The van der Waals surface area contributed by atoms with E-state index in [2.05, 4.69) is 51.4 Å². The minimum atomic E-state index is 0.567. The van der Waals surface area contributed by atoms with Gasteiger partial charge in [-0.15, -0.1) is 11.3 Å². The van der Waals surface area contributed by atoms with Gasteiger partial charge in [0.05, 0.1) is 18.4 Å². The minimum absolute atomic E-state index is 0.567. The summed E-state index contributed by atoms with van der Waals surface area (Å²) in [6.07, 6.45) is 2.43. The lowest BCUT2D eigenvalue weighted by atomic mass is 10.0. The van der Waals surface area contributed by atoms with Crippen LogP contribution in [0.25, 0.3) is 10.6 Å². The lowest BCUT2D eigenvalue weighted by Gasteiger charge is -2.33. The zero-order valence-corrected chi connectivity index (χ0v) is 17.5. The van der Waals surface area contributed by atoms with Gasteiger partial charge in [-0.05, 0) is 31.0 Å². The smallest absolute Gasteiger partial charge is 0.129 e. The first-order valence-electron chi connectivity index (χ1n) is 8.82. The summed E-state index contributed by atoms with van der Waals surface area (Å²) in [5, 5.41) is 6.84. The average molecular weight is 424 g/mol. The third kappa shape index (κ3) is 5.03. The molecule has 136 valence electrons. The Kier molecular flexibility index (Phi) is 6.49. The second kappa shape index (κ2) is 8.62. The number of thiazole rings is 1. The van der Waals surface area contributed by atoms with Gasteiger partial charge >= 0.3 is 0 Å². The molecule has 0 amide bonds. The predicted molar refractivity (Wildman–Crippen MR) is 108 cm³/mol. The molecule has 3 rings (SSSR count). The van der Waals surface area contributed by atoms with Crippen molar-refractivity contribution in [2.45, 2.75) is 45.3 Å². The SMILES string of the molecule is COc1ccc(Br)cc1-c1nc(CN2CCC(NC(C)C)CC2)cs1. The third-order valence-electron chi connectivity index (χ3n) is 4.49. The van der Waals surface area contributed by atoms with Gasteiger partial charge in [0.2, 0.25) is 0 Å². The van der Waals surface area contributed by atoms with E-state index in [1.807, 2.05) is 12.1 Å². The Morgan fingerprint density at radius 3 is 2.80 bits per heavy atom. The van der Waals surface area contributed by atoms with E-state index in [-0.39, 0.29) is 0 Å². The Morgan fingerprint density at radius 1 is 1.36 bits per heavy atom. The average Bonchev–Trinajstić information content (AvgIpc) is 3.04. The van der Waals surface area contributed by atoms with Crippen molar-refractivity contribution in [1.82, 2.24) is 15.2 Å². The molecule has 2 heterocycles. The number of nitrogens with zero attached hydrogens (tertiary/aromatic N) is 2. The van der Waals surface area contributed by atoms with Crippen molar-refractivity contribution in [3.05, 3.63) is 33.7 Å². The van der Waals surface area contributed by atoms with Gasteiger partial charge in [0, 0.05) is 41.6 Å². The van der Waals surface area contributed by atoms with Crippen LogP contribution in [-0.4, -0.2) is 42.2 Å². The Bertz CT molecular complexity index is 696. The number of hydrogen-bond acceptors (Lipinski definition) is 5. The molecular formula is C19H26BrN3OS. The molecule has 0 radical (unpaired) electrons. The molecule has 4 nitrogen and oxygen atoms in total. The number of likely N-dealkylation sites (tertiary alicyclic amines) is 1. The summed E-state index contributed by atoms with van der Waals surface area (Å²) in [6, 6.07) is 7.27. The van der Waals surface area contributed by atoms with Crippen molar-refractivity contribution in [1.29, 1.82) is 0 Å². The molecule has 1 N–H and O–H groups in total. The number of aromatic nitrogens is 1. The lowest BCUT2D eigenvalue weighted by molar-refractivity contribution is 0.185.